The molecule has 3 atom stereocenters. The summed E-state index contributed by atoms with van der Waals surface area (Å²) < 4.78 is 20.8. The Hall–Kier alpha value is -3.56. The first-order valence-electron chi connectivity index (χ1n) is 16.3. The first kappa shape index (κ1) is 33.8. The maximum atomic E-state index is 11.7. The molecule has 1 fully saturated rings. The van der Waals surface area contributed by atoms with Crippen molar-refractivity contribution in [1.29, 1.82) is 0 Å². The first-order chi connectivity index (χ1) is 22.0. The van der Waals surface area contributed by atoms with Gasteiger partial charge in [0.2, 0.25) is 0 Å². The summed E-state index contributed by atoms with van der Waals surface area (Å²) in [5, 5.41) is 4.49. The van der Waals surface area contributed by atoms with Crippen LogP contribution in [0.5, 0.6) is 0 Å². The highest BCUT2D eigenvalue weighted by atomic mass is 28.4. The van der Waals surface area contributed by atoms with Gasteiger partial charge in [0.25, 0.3) is 23.1 Å². The molecule has 4 nitrogen and oxygen atoms in total. The van der Waals surface area contributed by atoms with E-state index in [0.29, 0.717) is 19.5 Å². The Morgan fingerprint density at radius 3 is 1.37 bits per heavy atom. The van der Waals surface area contributed by atoms with Crippen LogP contribution in [-0.4, -0.2) is 41.9 Å². The van der Waals surface area contributed by atoms with Gasteiger partial charge in [-0.25, -0.2) is 0 Å². The standard InChI is InChI=1S/C40H48O4Si2/c1-31-36(29-43-45(39(2,3)4,32-20-12-8-13-21-32)33-22-14-9-15-23-33)38(28-37(31)42-30-41)44-46(40(5,6)7,34-24-16-10-17-25-34)35-26-18-11-19-27-35/h8-27,30,36-38H,1,28-29H2,2-7H3. The normalized spacial score (nSPS) is 19.2. The maximum Gasteiger partial charge on any atom is 0.293 e. The minimum absolute atomic E-state index is 0.173. The predicted octanol–water partition coefficient (Wildman–Crippen LogP) is 6.63. The topological polar surface area (TPSA) is 44.8 Å². The molecule has 6 heteroatoms. The lowest BCUT2D eigenvalue weighted by Crippen LogP contribution is -2.68. The molecule has 0 aromatic heterocycles. The maximum absolute atomic E-state index is 11.7. The Balaban J connectivity index is 1.62. The lowest BCUT2D eigenvalue weighted by atomic mass is 10.0. The van der Waals surface area contributed by atoms with Gasteiger partial charge in [-0.3, -0.25) is 4.79 Å². The van der Waals surface area contributed by atoms with E-state index in [9.17, 15) is 4.79 Å². The van der Waals surface area contributed by atoms with Gasteiger partial charge in [-0.05, 0) is 36.4 Å². The van der Waals surface area contributed by atoms with E-state index in [-0.39, 0.29) is 22.1 Å². The van der Waals surface area contributed by atoms with Crippen molar-refractivity contribution in [3.63, 3.8) is 0 Å². The lowest BCUT2D eigenvalue weighted by Gasteiger charge is -2.46. The summed E-state index contributed by atoms with van der Waals surface area (Å²) in [7, 11) is -5.74. The average Bonchev–Trinajstić information content (AvgIpc) is 3.34. The van der Waals surface area contributed by atoms with Gasteiger partial charge >= 0.3 is 0 Å². The van der Waals surface area contributed by atoms with Gasteiger partial charge in [-0.1, -0.05) is 169 Å². The largest absolute Gasteiger partial charge is 0.460 e. The van der Waals surface area contributed by atoms with Gasteiger partial charge in [0.1, 0.15) is 6.10 Å². The van der Waals surface area contributed by atoms with Gasteiger partial charge in [0.15, 0.2) is 0 Å². The highest BCUT2D eigenvalue weighted by Crippen LogP contribution is 2.44. The van der Waals surface area contributed by atoms with Crippen LogP contribution in [0.1, 0.15) is 48.0 Å². The van der Waals surface area contributed by atoms with E-state index in [4.69, 9.17) is 13.6 Å². The van der Waals surface area contributed by atoms with Crippen molar-refractivity contribution in [2.75, 3.05) is 6.61 Å². The average molecular weight is 649 g/mol. The zero-order valence-electron chi connectivity index (χ0n) is 28.1. The molecule has 0 heterocycles. The number of rotatable bonds is 11. The van der Waals surface area contributed by atoms with E-state index < -0.39 is 22.7 Å². The fraction of sp³-hybridized carbons (Fsp3) is 0.325. The predicted molar refractivity (Wildman–Crippen MR) is 194 cm³/mol. The molecule has 0 saturated heterocycles. The number of ether oxygens (including phenoxy) is 1. The summed E-state index contributed by atoms with van der Waals surface area (Å²) in [6.07, 6.45) is -0.160. The third-order valence-corrected chi connectivity index (χ3v) is 19.7. The third kappa shape index (κ3) is 6.24. The van der Waals surface area contributed by atoms with Crippen LogP contribution in [0.3, 0.4) is 0 Å². The Morgan fingerprint density at radius 2 is 1.02 bits per heavy atom. The summed E-state index contributed by atoms with van der Waals surface area (Å²) in [6.45, 7) is 19.2. The highest BCUT2D eigenvalue weighted by molar-refractivity contribution is 7.00. The summed E-state index contributed by atoms with van der Waals surface area (Å²) >= 11 is 0. The summed E-state index contributed by atoms with van der Waals surface area (Å²) in [5.41, 5.74) is 0.855. The van der Waals surface area contributed by atoms with Crippen LogP contribution < -0.4 is 20.7 Å². The molecule has 240 valence electrons. The molecule has 0 aliphatic heterocycles. The van der Waals surface area contributed by atoms with Gasteiger partial charge < -0.3 is 13.6 Å². The van der Waals surface area contributed by atoms with Crippen LogP contribution in [0.2, 0.25) is 10.1 Å². The van der Waals surface area contributed by atoms with Crippen molar-refractivity contribution in [1.82, 2.24) is 0 Å². The molecule has 46 heavy (non-hydrogen) atoms. The monoisotopic (exact) mass is 648 g/mol. The van der Waals surface area contributed by atoms with E-state index in [1.165, 1.54) is 20.7 Å². The molecular formula is C40H48O4Si2. The van der Waals surface area contributed by atoms with E-state index in [2.05, 4.69) is 169 Å². The Morgan fingerprint density at radius 1 is 0.652 bits per heavy atom. The van der Waals surface area contributed by atoms with E-state index >= 15 is 0 Å². The van der Waals surface area contributed by atoms with Crippen molar-refractivity contribution in [3.8, 4) is 0 Å². The van der Waals surface area contributed by atoms with Crippen molar-refractivity contribution >= 4 is 43.9 Å². The SMILES string of the molecule is C=C1C(OC=O)CC(O[Si](c2ccccc2)(c2ccccc2)C(C)(C)C)C1CO[Si](c1ccccc1)(c1ccccc1)C(C)(C)C. The Bertz CT molecular complexity index is 1500. The van der Waals surface area contributed by atoms with Crippen LogP contribution in [0, 0.1) is 5.92 Å². The fourth-order valence-corrected chi connectivity index (χ4v) is 16.8. The molecular weight excluding hydrogens is 601 g/mol. The van der Waals surface area contributed by atoms with E-state index in [1.807, 2.05) is 0 Å². The van der Waals surface area contributed by atoms with Crippen molar-refractivity contribution in [2.45, 2.75) is 70.2 Å². The quantitative estimate of drug-likeness (QED) is 0.104. The van der Waals surface area contributed by atoms with Gasteiger partial charge in [-0.2, -0.15) is 0 Å². The zero-order chi connectivity index (χ0) is 33.0. The molecule has 1 aliphatic rings. The number of hydrogen-bond acceptors (Lipinski definition) is 4. The molecule has 0 bridgehead atoms. The fourth-order valence-electron chi connectivity index (χ4n) is 7.45. The molecule has 1 aliphatic carbocycles. The smallest absolute Gasteiger partial charge is 0.293 e. The molecule has 5 rings (SSSR count). The third-order valence-electron chi connectivity index (χ3n) is 9.65. The Kier molecular flexibility index (Phi) is 10.0. The van der Waals surface area contributed by atoms with Crippen molar-refractivity contribution in [3.05, 3.63) is 133 Å². The molecule has 0 radical (unpaired) electrons. The second-order valence-corrected chi connectivity index (χ2v) is 23.0. The number of carbonyl (C=O) groups is 1. The summed E-state index contributed by atoms with van der Waals surface area (Å²) in [4.78, 5) is 11.7. The second kappa shape index (κ2) is 13.7. The second-order valence-electron chi connectivity index (χ2n) is 14.4. The van der Waals surface area contributed by atoms with Crippen LogP contribution in [0.15, 0.2) is 133 Å². The van der Waals surface area contributed by atoms with Crippen LogP contribution in [0.4, 0.5) is 0 Å². The van der Waals surface area contributed by atoms with Crippen molar-refractivity contribution < 1.29 is 18.4 Å². The molecule has 4 aromatic carbocycles. The number of hydrogen-bond donors (Lipinski definition) is 0. The first-order valence-corrected chi connectivity index (χ1v) is 20.1. The molecule has 4 aromatic rings. The molecule has 0 amide bonds. The van der Waals surface area contributed by atoms with Crippen LogP contribution in [0.25, 0.3) is 0 Å². The number of benzene rings is 4. The van der Waals surface area contributed by atoms with Gasteiger partial charge in [0.05, 0.1) is 6.10 Å². The van der Waals surface area contributed by atoms with E-state index in [0.717, 1.165) is 5.57 Å². The number of carbonyl (C=O) groups excluding carboxylic acids is 1. The van der Waals surface area contributed by atoms with Crippen LogP contribution in [-0.2, 0) is 18.4 Å². The van der Waals surface area contributed by atoms with Crippen molar-refractivity contribution in [2.24, 2.45) is 5.92 Å². The summed E-state index contributed by atoms with van der Waals surface area (Å²) in [5.74, 6) is -0.173. The van der Waals surface area contributed by atoms with E-state index in [1.54, 1.807) is 0 Å². The minimum Gasteiger partial charge on any atom is -0.460 e. The van der Waals surface area contributed by atoms with Gasteiger partial charge in [0, 0.05) is 18.9 Å². The molecule has 0 spiro atoms. The lowest BCUT2D eigenvalue weighted by molar-refractivity contribution is -0.132. The molecule has 3 unspecified atom stereocenters. The molecule has 0 N–H and O–H groups in total. The zero-order valence-corrected chi connectivity index (χ0v) is 30.1. The van der Waals surface area contributed by atoms with Crippen LogP contribution >= 0.6 is 0 Å². The minimum atomic E-state index is -2.91. The molecule has 1 saturated carbocycles. The van der Waals surface area contributed by atoms with Gasteiger partial charge in [-0.15, -0.1) is 0 Å². The summed E-state index contributed by atoms with van der Waals surface area (Å²) in [6, 6.07) is 42.7. The highest BCUT2D eigenvalue weighted by Gasteiger charge is 2.56. The Labute approximate surface area is 277 Å².